The van der Waals surface area contributed by atoms with E-state index >= 15 is 0 Å². The second kappa shape index (κ2) is 6.38. The predicted molar refractivity (Wildman–Crippen MR) is 76.3 cm³/mol. The lowest BCUT2D eigenvalue weighted by Crippen LogP contribution is -2.25. The van der Waals surface area contributed by atoms with E-state index in [1.54, 1.807) is 0 Å². The van der Waals surface area contributed by atoms with E-state index in [1.165, 1.54) is 11.3 Å². The van der Waals surface area contributed by atoms with Crippen LogP contribution in [0.25, 0.3) is 0 Å². The van der Waals surface area contributed by atoms with Gasteiger partial charge in [-0.15, -0.1) is 0 Å². The van der Waals surface area contributed by atoms with E-state index in [9.17, 15) is 0 Å². The van der Waals surface area contributed by atoms with Crippen LogP contribution in [0.4, 0.5) is 0 Å². The highest BCUT2D eigenvalue weighted by Crippen LogP contribution is 2.12. The van der Waals surface area contributed by atoms with E-state index in [1.807, 2.05) is 42.2 Å². The molecule has 19 heavy (non-hydrogen) atoms. The largest absolute Gasteiger partial charge is 0.492 e. The van der Waals surface area contributed by atoms with Gasteiger partial charge in [0.2, 0.25) is 0 Å². The summed E-state index contributed by atoms with van der Waals surface area (Å²) in [5.74, 6) is 0.926. The number of aryl methyl sites for hydroxylation is 2. The Balaban J connectivity index is 1.74. The summed E-state index contributed by atoms with van der Waals surface area (Å²) in [6.45, 7) is 5.66. The second-order valence-corrected chi connectivity index (χ2v) is 4.72. The van der Waals surface area contributed by atoms with Crippen LogP contribution in [0.15, 0.2) is 36.5 Å². The SMILES string of the molecule is Cc1cccc(OCCNC(C)c2ccnn2C)c1. The molecule has 0 aliphatic rings. The van der Waals surface area contributed by atoms with Gasteiger partial charge in [-0.25, -0.2) is 0 Å². The Morgan fingerprint density at radius 1 is 1.37 bits per heavy atom. The number of rotatable bonds is 6. The van der Waals surface area contributed by atoms with Crippen LogP contribution >= 0.6 is 0 Å². The van der Waals surface area contributed by atoms with Crippen LogP contribution < -0.4 is 10.1 Å². The Kier molecular flexibility index (Phi) is 4.58. The third kappa shape index (κ3) is 3.83. The Morgan fingerprint density at radius 2 is 2.21 bits per heavy atom. The fraction of sp³-hybridized carbons (Fsp3) is 0.400. The van der Waals surface area contributed by atoms with Gasteiger partial charge >= 0.3 is 0 Å². The second-order valence-electron chi connectivity index (χ2n) is 4.72. The monoisotopic (exact) mass is 259 g/mol. The van der Waals surface area contributed by atoms with Crippen molar-refractivity contribution in [1.29, 1.82) is 0 Å². The first kappa shape index (κ1) is 13.6. The molecule has 0 spiro atoms. The molecule has 1 atom stereocenters. The van der Waals surface area contributed by atoms with E-state index in [4.69, 9.17) is 4.74 Å². The van der Waals surface area contributed by atoms with Gasteiger partial charge in [-0.2, -0.15) is 5.10 Å². The lowest BCUT2D eigenvalue weighted by Gasteiger charge is -2.14. The van der Waals surface area contributed by atoms with Crippen molar-refractivity contribution in [1.82, 2.24) is 15.1 Å². The fourth-order valence-electron chi connectivity index (χ4n) is 2.06. The number of hydrogen-bond donors (Lipinski definition) is 1. The Bertz CT molecular complexity index is 522. The smallest absolute Gasteiger partial charge is 0.119 e. The van der Waals surface area contributed by atoms with Crippen LogP contribution in [0.3, 0.4) is 0 Å². The Morgan fingerprint density at radius 3 is 2.89 bits per heavy atom. The summed E-state index contributed by atoms with van der Waals surface area (Å²) in [5.41, 5.74) is 2.39. The van der Waals surface area contributed by atoms with Crippen LogP contribution in [-0.2, 0) is 7.05 Å². The van der Waals surface area contributed by atoms with Crippen molar-refractivity contribution < 1.29 is 4.74 Å². The minimum Gasteiger partial charge on any atom is -0.492 e. The molecule has 0 saturated carbocycles. The lowest BCUT2D eigenvalue weighted by molar-refractivity contribution is 0.306. The zero-order valence-corrected chi connectivity index (χ0v) is 11.8. The van der Waals surface area contributed by atoms with Crippen molar-refractivity contribution in [3.8, 4) is 5.75 Å². The number of benzene rings is 1. The molecular formula is C15H21N3O. The molecule has 1 unspecified atom stereocenters. The molecule has 4 heteroatoms. The maximum Gasteiger partial charge on any atom is 0.119 e. The average Bonchev–Trinajstić information content (AvgIpc) is 2.81. The lowest BCUT2D eigenvalue weighted by atomic mass is 10.2. The van der Waals surface area contributed by atoms with E-state index < -0.39 is 0 Å². The normalized spacial score (nSPS) is 12.4. The average molecular weight is 259 g/mol. The molecule has 0 saturated heterocycles. The molecule has 0 radical (unpaired) electrons. The highest BCUT2D eigenvalue weighted by molar-refractivity contribution is 5.27. The zero-order chi connectivity index (χ0) is 13.7. The standard InChI is InChI=1S/C15H21N3O/c1-12-5-4-6-14(11-12)19-10-9-16-13(2)15-7-8-17-18(15)3/h4-8,11,13,16H,9-10H2,1-3H3. The summed E-state index contributed by atoms with van der Waals surface area (Å²) >= 11 is 0. The molecule has 0 bridgehead atoms. The van der Waals surface area contributed by atoms with Crippen molar-refractivity contribution in [2.75, 3.05) is 13.2 Å². The highest BCUT2D eigenvalue weighted by Gasteiger charge is 2.07. The van der Waals surface area contributed by atoms with Crippen LogP contribution in [0.5, 0.6) is 5.75 Å². The van der Waals surface area contributed by atoms with Gasteiger partial charge in [-0.05, 0) is 37.6 Å². The zero-order valence-electron chi connectivity index (χ0n) is 11.8. The van der Waals surface area contributed by atoms with Gasteiger partial charge in [-0.3, -0.25) is 4.68 Å². The van der Waals surface area contributed by atoms with Crippen molar-refractivity contribution in [3.05, 3.63) is 47.8 Å². The van der Waals surface area contributed by atoms with Gasteiger partial charge in [0.25, 0.3) is 0 Å². The summed E-state index contributed by atoms with van der Waals surface area (Å²) in [6.07, 6.45) is 1.82. The molecule has 1 N–H and O–H groups in total. The number of aromatic nitrogens is 2. The predicted octanol–water partition coefficient (Wildman–Crippen LogP) is 2.46. The van der Waals surface area contributed by atoms with E-state index in [-0.39, 0.29) is 6.04 Å². The van der Waals surface area contributed by atoms with Crippen molar-refractivity contribution in [2.24, 2.45) is 7.05 Å². The number of ether oxygens (including phenoxy) is 1. The van der Waals surface area contributed by atoms with Gasteiger partial charge in [0.15, 0.2) is 0 Å². The Hall–Kier alpha value is -1.81. The molecule has 0 aliphatic carbocycles. The quantitative estimate of drug-likeness (QED) is 0.810. The van der Waals surface area contributed by atoms with Crippen LogP contribution in [-0.4, -0.2) is 22.9 Å². The molecular weight excluding hydrogens is 238 g/mol. The molecule has 0 fully saturated rings. The number of nitrogens with one attached hydrogen (secondary N) is 1. The first-order valence-electron chi connectivity index (χ1n) is 6.57. The molecule has 1 aromatic heterocycles. The van der Waals surface area contributed by atoms with Crippen molar-refractivity contribution >= 4 is 0 Å². The van der Waals surface area contributed by atoms with Crippen LogP contribution in [0, 0.1) is 6.92 Å². The third-order valence-corrected chi connectivity index (χ3v) is 3.11. The topological polar surface area (TPSA) is 39.1 Å². The van der Waals surface area contributed by atoms with Gasteiger partial charge < -0.3 is 10.1 Å². The van der Waals surface area contributed by atoms with Crippen LogP contribution in [0.1, 0.15) is 24.2 Å². The first-order chi connectivity index (χ1) is 9.16. The van der Waals surface area contributed by atoms with Crippen molar-refractivity contribution in [3.63, 3.8) is 0 Å². The van der Waals surface area contributed by atoms with E-state index in [0.29, 0.717) is 6.61 Å². The summed E-state index contributed by atoms with van der Waals surface area (Å²) in [6, 6.07) is 10.4. The molecule has 2 aromatic rings. The summed E-state index contributed by atoms with van der Waals surface area (Å²) in [4.78, 5) is 0. The molecule has 1 heterocycles. The molecule has 102 valence electrons. The number of hydrogen-bond acceptors (Lipinski definition) is 3. The van der Waals surface area contributed by atoms with Crippen LogP contribution in [0.2, 0.25) is 0 Å². The summed E-state index contributed by atoms with van der Waals surface area (Å²) in [5, 5.41) is 7.59. The fourth-order valence-corrected chi connectivity index (χ4v) is 2.06. The molecule has 0 aliphatic heterocycles. The maximum atomic E-state index is 5.70. The Labute approximate surface area is 114 Å². The maximum absolute atomic E-state index is 5.70. The minimum atomic E-state index is 0.272. The molecule has 4 nitrogen and oxygen atoms in total. The molecule has 2 rings (SSSR count). The molecule has 1 aromatic carbocycles. The van der Waals surface area contributed by atoms with Gasteiger partial charge in [0.1, 0.15) is 12.4 Å². The summed E-state index contributed by atoms with van der Waals surface area (Å²) in [7, 11) is 1.96. The number of nitrogens with zero attached hydrogens (tertiary/aromatic N) is 2. The van der Waals surface area contributed by atoms with Gasteiger partial charge in [0, 0.05) is 25.8 Å². The summed E-state index contributed by atoms with van der Waals surface area (Å²) < 4.78 is 7.59. The van der Waals surface area contributed by atoms with Gasteiger partial charge in [0.05, 0.1) is 5.69 Å². The van der Waals surface area contributed by atoms with E-state index in [2.05, 4.69) is 30.3 Å². The first-order valence-corrected chi connectivity index (χ1v) is 6.57. The van der Waals surface area contributed by atoms with Gasteiger partial charge in [-0.1, -0.05) is 12.1 Å². The minimum absolute atomic E-state index is 0.272. The van der Waals surface area contributed by atoms with E-state index in [0.717, 1.165) is 12.3 Å². The van der Waals surface area contributed by atoms with Crippen molar-refractivity contribution in [2.45, 2.75) is 19.9 Å². The third-order valence-electron chi connectivity index (χ3n) is 3.11. The molecule has 0 amide bonds. The highest BCUT2D eigenvalue weighted by atomic mass is 16.5.